The van der Waals surface area contributed by atoms with Gasteiger partial charge in [-0.1, -0.05) is 42.0 Å². The van der Waals surface area contributed by atoms with E-state index >= 15 is 0 Å². The first-order valence-corrected chi connectivity index (χ1v) is 12.7. The molecule has 0 bridgehead atoms. The van der Waals surface area contributed by atoms with E-state index in [9.17, 15) is 0 Å². The summed E-state index contributed by atoms with van der Waals surface area (Å²) in [6, 6.07) is 14.1. The number of hydrogen-bond acceptors (Lipinski definition) is 7. The van der Waals surface area contributed by atoms with E-state index in [0.717, 1.165) is 34.2 Å². The van der Waals surface area contributed by atoms with Gasteiger partial charge in [0.2, 0.25) is 0 Å². The number of fused-ring (bicyclic) bond motifs is 2. The number of benzene rings is 2. The second-order valence-electron chi connectivity index (χ2n) is 8.90. The Balaban J connectivity index is 1.26. The van der Waals surface area contributed by atoms with Crippen LogP contribution >= 0.6 is 22.9 Å². The standard InChI is InChI=1S/C25H24ClN7S/c1-16-7-9-32(10-8-16)14-17-5-6-21-22(11-17)34-25(30-21)31-23-20-13-29-33(24(20)28-15-27-23)19-4-2-3-18(26)12-19/h2-6,11-13,15-16H,7-10,14H2,1H3,(H,27,28,30,31). The van der Waals surface area contributed by atoms with Gasteiger partial charge in [0.05, 0.1) is 27.5 Å². The lowest BCUT2D eigenvalue weighted by Crippen LogP contribution is -2.32. The maximum Gasteiger partial charge on any atom is 0.189 e. The maximum atomic E-state index is 6.17. The highest BCUT2D eigenvalue weighted by molar-refractivity contribution is 7.22. The third-order valence-corrected chi connectivity index (χ3v) is 7.55. The van der Waals surface area contributed by atoms with Crippen molar-refractivity contribution in [2.24, 2.45) is 5.92 Å². The summed E-state index contributed by atoms with van der Waals surface area (Å²) in [5, 5.41) is 10.2. The van der Waals surface area contributed by atoms with Crippen LogP contribution in [-0.4, -0.2) is 42.7 Å². The van der Waals surface area contributed by atoms with E-state index in [1.165, 1.54) is 42.5 Å². The lowest BCUT2D eigenvalue weighted by molar-refractivity contribution is 0.185. The van der Waals surface area contributed by atoms with Gasteiger partial charge in [-0.3, -0.25) is 4.90 Å². The molecule has 0 saturated carbocycles. The number of halogens is 1. The molecule has 0 amide bonds. The normalized spacial score (nSPS) is 15.4. The van der Waals surface area contributed by atoms with E-state index in [2.05, 4.69) is 50.4 Å². The molecular formula is C25H24ClN7S. The van der Waals surface area contributed by atoms with Crippen LogP contribution in [0, 0.1) is 5.92 Å². The van der Waals surface area contributed by atoms with Crippen LogP contribution in [0.5, 0.6) is 0 Å². The van der Waals surface area contributed by atoms with Crippen molar-refractivity contribution in [3.8, 4) is 5.69 Å². The van der Waals surface area contributed by atoms with Crippen LogP contribution in [0.1, 0.15) is 25.3 Å². The molecule has 0 atom stereocenters. The fourth-order valence-electron chi connectivity index (χ4n) is 4.44. The zero-order valence-electron chi connectivity index (χ0n) is 18.8. The van der Waals surface area contributed by atoms with Gasteiger partial charge in [0.25, 0.3) is 0 Å². The average Bonchev–Trinajstić information content (AvgIpc) is 3.45. The highest BCUT2D eigenvalue weighted by Gasteiger charge is 2.17. The molecule has 9 heteroatoms. The summed E-state index contributed by atoms with van der Waals surface area (Å²) in [6.07, 6.45) is 5.89. The Bertz CT molecular complexity index is 1470. The largest absolute Gasteiger partial charge is 0.315 e. The molecule has 6 rings (SSSR count). The van der Waals surface area contributed by atoms with Gasteiger partial charge in [0, 0.05) is 11.6 Å². The SMILES string of the molecule is CC1CCN(Cc2ccc3nc(Nc4ncnc5c4cnn5-c4cccc(Cl)c4)sc3c2)CC1. The zero-order chi connectivity index (χ0) is 23.1. The minimum Gasteiger partial charge on any atom is -0.315 e. The van der Waals surface area contributed by atoms with Gasteiger partial charge in [0.15, 0.2) is 10.8 Å². The van der Waals surface area contributed by atoms with Gasteiger partial charge in [-0.05, 0) is 67.7 Å². The third kappa shape index (κ3) is 4.24. The summed E-state index contributed by atoms with van der Waals surface area (Å²) in [6.45, 7) is 5.71. The van der Waals surface area contributed by atoms with Gasteiger partial charge < -0.3 is 5.32 Å². The molecule has 0 unspecified atom stereocenters. The highest BCUT2D eigenvalue weighted by atomic mass is 35.5. The topological polar surface area (TPSA) is 71.8 Å². The maximum absolute atomic E-state index is 6.17. The Labute approximate surface area is 206 Å². The molecule has 5 aromatic rings. The van der Waals surface area contributed by atoms with Gasteiger partial charge >= 0.3 is 0 Å². The number of nitrogens with zero attached hydrogens (tertiary/aromatic N) is 6. The summed E-state index contributed by atoms with van der Waals surface area (Å²) in [7, 11) is 0. The van der Waals surface area contributed by atoms with E-state index in [1.807, 2.05) is 24.3 Å². The number of nitrogens with one attached hydrogen (secondary N) is 1. The van der Waals surface area contributed by atoms with Crippen molar-refractivity contribution in [3.05, 3.63) is 65.6 Å². The Kier molecular flexibility index (Phi) is 5.64. The first-order chi connectivity index (χ1) is 16.6. The summed E-state index contributed by atoms with van der Waals surface area (Å²) < 4.78 is 2.94. The van der Waals surface area contributed by atoms with Crippen molar-refractivity contribution in [1.82, 2.24) is 29.6 Å². The second kappa shape index (κ2) is 8.94. The van der Waals surface area contributed by atoms with Gasteiger partial charge in [-0.15, -0.1) is 0 Å². The third-order valence-electron chi connectivity index (χ3n) is 6.38. The number of piperidine rings is 1. The van der Waals surface area contributed by atoms with Crippen LogP contribution in [0.25, 0.3) is 26.9 Å². The number of likely N-dealkylation sites (tertiary alicyclic amines) is 1. The molecule has 0 aliphatic carbocycles. The van der Waals surface area contributed by atoms with Crippen LogP contribution in [0.15, 0.2) is 55.0 Å². The van der Waals surface area contributed by atoms with E-state index in [1.54, 1.807) is 22.2 Å². The Morgan fingerprint density at radius 3 is 2.85 bits per heavy atom. The molecule has 2 aromatic carbocycles. The molecule has 3 aromatic heterocycles. The lowest BCUT2D eigenvalue weighted by Gasteiger charge is -2.30. The van der Waals surface area contributed by atoms with Crippen molar-refractivity contribution in [2.75, 3.05) is 18.4 Å². The summed E-state index contributed by atoms with van der Waals surface area (Å²) in [5.41, 5.74) is 3.88. The van der Waals surface area contributed by atoms with Crippen molar-refractivity contribution >= 4 is 55.1 Å². The fourth-order valence-corrected chi connectivity index (χ4v) is 5.55. The fraction of sp³-hybridized carbons (Fsp3) is 0.280. The van der Waals surface area contributed by atoms with Crippen LogP contribution < -0.4 is 5.32 Å². The molecule has 0 spiro atoms. The Morgan fingerprint density at radius 1 is 1.12 bits per heavy atom. The molecule has 7 nitrogen and oxygen atoms in total. The Hall–Kier alpha value is -3.07. The number of rotatable bonds is 5. The molecule has 1 N–H and O–H groups in total. The van der Waals surface area contributed by atoms with Crippen molar-refractivity contribution in [1.29, 1.82) is 0 Å². The van der Waals surface area contributed by atoms with E-state index in [-0.39, 0.29) is 0 Å². The van der Waals surface area contributed by atoms with Crippen molar-refractivity contribution < 1.29 is 0 Å². The lowest BCUT2D eigenvalue weighted by atomic mass is 9.99. The summed E-state index contributed by atoms with van der Waals surface area (Å²) in [4.78, 5) is 16.2. The molecule has 4 heterocycles. The number of anilines is 2. The van der Waals surface area contributed by atoms with Crippen LogP contribution in [0.3, 0.4) is 0 Å². The number of aromatic nitrogens is 5. The monoisotopic (exact) mass is 489 g/mol. The quantitative estimate of drug-likeness (QED) is 0.324. The highest BCUT2D eigenvalue weighted by Crippen LogP contribution is 2.31. The molecular weight excluding hydrogens is 466 g/mol. The van der Waals surface area contributed by atoms with Crippen molar-refractivity contribution in [2.45, 2.75) is 26.3 Å². The van der Waals surface area contributed by atoms with E-state index in [0.29, 0.717) is 16.5 Å². The number of hydrogen-bond donors (Lipinski definition) is 1. The van der Waals surface area contributed by atoms with E-state index in [4.69, 9.17) is 16.6 Å². The van der Waals surface area contributed by atoms with Gasteiger partial charge in [0.1, 0.15) is 12.1 Å². The minimum absolute atomic E-state index is 0.650. The second-order valence-corrected chi connectivity index (χ2v) is 10.4. The number of thiazole rings is 1. The predicted octanol–water partition coefficient (Wildman–Crippen LogP) is 6.05. The summed E-state index contributed by atoms with van der Waals surface area (Å²) in [5.74, 6) is 1.53. The molecule has 0 radical (unpaired) electrons. The first kappa shape index (κ1) is 21.5. The van der Waals surface area contributed by atoms with Crippen molar-refractivity contribution in [3.63, 3.8) is 0 Å². The van der Waals surface area contributed by atoms with Crippen LogP contribution in [0.4, 0.5) is 10.9 Å². The first-order valence-electron chi connectivity index (χ1n) is 11.5. The molecule has 1 aliphatic heterocycles. The zero-order valence-corrected chi connectivity index (χ0v) is 20.4. The predicted molar refractivity (Wildman–Crippen MR) is 138 cm³/mol. The minimum atomic E-state index is 0.650. The smallest absolute Gasteiger partial charge is 0.189 e. The Morgan fingerprint density at radius 2 is 2.00 bits per heavy atom. The van der Waals surface area contributed by atoms with Crippen LogP contribution in [-0.2, 0) is 6.54 Å². The average molecular weight is 490 g/mol. The molecule has 34 heavy (non-hydrogen) atoms. The van der Waals surface area contributed by atoms with Crippen LogP contribution in [0.2, 0.25) is 5.02 Å². The summed E-state index contributed by atoms with van der Waals surface area (Å²) >= 11 is 7.80. The molecule has 1 fully saturated rings. The molecule has 172 valence electrons. The van der Waals surface area contributed by atoms with E-state index < -0.39 is 0 Å². The molecule has 1 saturated heterocycles. The molecule has 1 aliphatic rings. The van der Waals surface area contributed by atoms with Gasteiger partial charge in [-0.2, -0.15) is 5.10 Å². The van der Waals surface area contributed by atoms with Gasteiger partial charge in [-0.25, -0.2) is 19.6 Å².